The summed E-state index contributed by atoms with van der Waals surface area (Å²) >= 11 is 0. The Hall–Kier alpha value is -4.43. The molecule has 1 aromatic heterocycles. The Morgan fingerprint density at radius 2 is 1.47 bits per heavy atom. The third-order valence-electron chi connectivity index (χ3n) is 6.54. The lowest BCUT2D eigenvalue weighted by Crippen LogP contribution is -2.48. The first kappa shape index (κ1) is 26.6. The van der Waals surface area contributed by atoms with Crippen LogP contribution in [0.1, 0.15) is 35.4 Å². The van der Waals surface area contributed by atoms with Gasteiger partial charge >= 0.3 is 0 Å². The molecule has 0 spiro atoms. The maximum absolute atomic E-state index is 13.5. The third kappa shape index (κ3) is 7.08. The van der Waals surface area contributed by atoms with E-state index in [4.69, 9.17) is 11.1 Å². The zero-order valence-electron chi connectivity index (χ0n) is 21.2. The van der Waals surface area contributed by atoms with E-state index in [1.165, 1.54) is 0 Å². The number of hydrogen-bond donors (Lipinski definition) is 6. The molecule has 0 aliphatic heterocycles. The second-order valence-electron chi connectivity index (χ2n) is 9.21. The first-order valence-corrected chi connectivity index (χ1v) is 12.8. The average Bonchev–Trinajstić information content (AvgIpc) is 3.34. The largest absolute Gasteiger partial charge is 0.370 e. The van der Waals surface area contributed by atoms with E-state index >= 15 is 0 Å². The average molecular weight is 511 g/mol. The predicted octanol–water partition coefficient (Wildman–Crippen LogP) is 3.41. The fourth-order valence-corrected chi connectivity index (χ4v) is 4.64. The lowest BCUT2D eigenvalue weighted by Gasteiger charge is -2.21. The third-order valence-corrected chi connectivity index (χ3v) is 6.54. The van der Waals surface area contributed by atoms with Crippen LogP contribution in [0.5, 0.6) is 0 Å². The van der Waals surface area contributed by atoms with Crippen molar-refractivity contribution >= 4 is 28.7 Å². The second kappa shape index (κ2) is 13.2. The van der Waals surface area contributed by atoms with E-state index in [0.717, 1.165) is 34.0 Å². The van der Waals surface area contributed by atoms with Gasteiger partial charge in [0.15, 0.2) is 5.96 Å². The van der Waals surface area contributed by atoms with Crippen LogP contribution < -0.4 is 21.7 Å². The summed E-state index contributed by atoms with van der Waals surface area (Å²) < 4.78 is 0. The van der Waals surface area contributed by atoms with Crippen molar-refractivity contribution in [3.8, 4) is 0 Å². The highest BCUT2D eigenvalue weighted by Gasteiger charge is 2.27. The fraction of sp³-hybridized carbons (Fsp3) is 0.233. The minimum absolute atomic E-state index is 0.109. The summed E-state index contributed by atoms with van der Waals surface area (Å²) in [6.07, 6.45) is 3.80. The SMILES string of the molecule is N=C(N)NCCC[C@H](NCCc1c[nH]c2ccccc12)C(=O)NC(=O)C(c1ccccc1)c1ccccc1. The highest BCUT2D eigenvalue weighted by atomic mass is 16.2. The van der Waals surface area contributed by atoms with Crippen molar-refractivity contribution in [1.82, 2.24) is 20.9 Å². The van der Waals surface area contributed by atoms with Gasteiger partial charge in [0.1, 0.15) is 0 Å². The number of amides is 2. The molecule has 8 heteroatoms. The lowest BCUT2D eigenvalue weighted by molar-refractivity contribution is -0.132. The summed E-state index contributed by atoms with van der Waals surface area (Å²) in [6.45, 7) is 1.03. The van der Waals surface area contributed by atoms with Crippen LogP contribution in [0.4, 0.5) is 0 Å². The molecular formula is C30H34N6O2. The molecule has 1 atom stereocenters. The minimum atomic E-state index is -0.604. The normalized spacial score (nSPS) is 11.8. The van der Waals surface area contributed by atoms with Crippen LogP contribution in [-0.4, -0.2) is 41.9 Å². The van der Waals surface area contributed by atoms with Gasteiger partial charge in [0.2, 0.25) is 11.8 Å². The molecule has 38 heavy (non-hydrogen) atoms. The Morgan fingerprint density at radius 1 is 0.842 bits per heavy atom. The van der Waals surface area contributed by atoms with Crippen molar-refractivity contribution in [2.45, 2.75) is 31.2 Å². The summed E-state index contributed by atoms with van der Waals surface area (Å²) in [5, 5.41) is 17.3. The number of carbonyl (C=O) groups excluding carboxylic acids is 2. The van der Waals surface area contributed by atoms with Crippen molar-refractivity contribution < 1.29 is 9.59 Å². The molecule has 7 N–H and O–H groups in total. The standard InChI is InChI=1S/C30H34N6O2/c31-30(32)34-18-9-16-26(33-19-17-23-20-35-25-15-8-7-14-24(23)25)28(37)36-29(38)27(21-10-3-1-4-11-21)22-12-5-2-6-13-22/h1-8,10-15,20,26-27,33,35H,9,16-19H2,(H4,31,32,34)(H,36,37,38)/t26-/m0/s1. The molecule has 0 aliphatic rings. The molecule has 8 nitrogen and oxygen atoms in total. The monoisotopic (exact) mass is 510 g/mol. The fourth-order valence-electron chi connectivity index (χ4n) is 4.64. The first-order chi connectivity index (χ1) is 18.5. The Morgan fingerprint density at radius 3 is 2.13 bits per heavy atom. The van der Waals surface area contributed by atoms with E-state index in [0.29, 0.717) is 25.9 Å². The number of benzene rings is 3. The molecule has 0 bridgehead atoms. The molecule has 2 amide bonds. The van der Waals surface area contributed by atoms with Crippen molar-refractivity contribution in [3.63, 3.8) is 0 Å². The number of hydrogen-bond acceptors (Lipinski definition) is 4. The molecule has 0 saturated carbocycles. The van der Waals surface area contributed by atoms with Gasteiger partial charge in [-0.25, -0.2) is 0 Å². The molecule has 4 rings (SSSR count). The summed E-state index contributed by atoms with van der Waals surface area (Å²) in [6, 6.07) is 26.5. The van der Waals surface area contributed by atoms with Gasteiger partial charge in [-0.2, -0.15) is 0 Å². The smallest absolute Gasteiger partial charge is 0.243 e. The summed E-state index contributed by atoms with van der Waals surface area (Å²) in [7, 11) is 0. The number of aromatic amines is 1. The van der Waals surface area contributed by atoms with Crippen LogP contribution in [0.2, 0.25) is 0 Å². The second-order valence-corrected chi connectivity index (χ2v) is 9.21. The number of carbonyl (C=O) groups is 2. The number of nitrogens with two attached hydrogens (primary N) is 1. The van der Waals surface area contributed by atoms with Crippen molar-refractivity contribution in [2.24, 2.45) is 5.73 Å². The van der Waals surface area contributed by atoms with Gasteiger partial charge in [-0.05, 0) is 48.6 Å². The molecule has 3 aromatic carbocycles. The van der Waals surface area contributed by atoms with E-state index in [1.807, 2.05) is 85.1 Å². The van der Waals surface area contributed by atoms with E-state index in [1.54, 1.807) is 0 Å². The predicted molar refractivity (Wildman–Crippen MR) is 151 cm³/mol. The van der Waals surface area contributed by atoms with Crippen LogP contribution in [0.15, 0.2) is 91.1 Å². The van der Waals surface area contributed by atoms with Crippen LogP contribution in [-0.2, 0) is 16.0 Å². The number of aromatic nitrogens is 1. The lowest BCUT2D eigenvalue weighted by atomic mass is 9.90. The zero-order chi connectivity index (χ0) is 26.7. The molecule has 0 unspecified atom stereocenters. The Bertz CT molecular complexity index is 1310. The summed E-state index contributed by atoms with van der Waals surface area (Å²) in [4.78, 5) is 30.1. The van der Waals surface area contributed by atoms with Gasteiger partial charge < -0.3 is 21.4 Å². The van der Waals surface area contributed by atoms with Crippen molar-refractivity contribution in [3.05, 3.63) is 108 Å². The van der Waals surface area contributed by atoms with Gasteiger partial charge in [-0.15, -0.1) is 0 Å². The minimum Gasteiger partial charge on any atom is -0.370 e. The quantitative estimate of drug-likeness (QED) is 0.0986. The molecule has 4 aromatic rings. The van der Waals surface area contributed by atoms with E-state index in [9.17, 15) is 9.59 Å². The Balaban J connectivity index is 1.44. The number of guanidine groups is 1. The van der Waals surface area contributed by atoms with Crippen molar-refractivity contribution in [2.75, 3.05) is 13.1 Å². The van der Waals surface area contributed by atoms with E-state index < -0.39 is 12.0 Å². The van der Waals surface area contributed by atoms with Crippen LogP contribution in [0.25, 0.3) is 10.9 Å². The van der Waals surface area contributed by atoms with Gasteiger partial charge in [-0.3, -0.25) is 20.3 Å². The maximum Gasteiger partial charge on any atom is 0.243 e. The van der Waals surface area contributed by atoms with Crippen LogP contribution in [0, 0.1) is 5.41 Å². The topological polar surface area (TPSA) is 136 Å². The van der Waals surface area contributed by atoms with E-state index in [-0.39, 0.29) is 17.8 Å². The maximum atomic E-state index is 13.5. The summed E-state index contributed by atoms with van der Waals surface area (Å²) in [5.41, 5.74) is 9.26. The molecule has 1 heterocycles. The van der Waals surface area contributed by atoms with Crippen LogP contribution in [0.3, 0.4) is 0 Å². The molecular weight excluding hydrogens is 476 g/mol. The highest BCUT2D eigenvalue weighted by molar-refractivity contribution is 6.01. The first-order valence-electron chi connectivity index (χ1n) is 12.8. The molecule has 0 aliphatic carbocycles. The number of H-pyrrole nitrogens is 1. The van der Waals surface area contributed by atoms with Crippen molar-refractivity contribution in [1.29, 1.82) is 5.41 Å². The number of imide groups is 1. The van der Waals surface area contributed by atoms with E-state index in [2.05, 4.69) is 27.0 Å². The number of para-hydroxylation sites is 1. The number of fused-ring (bicyclic) bond motifs is 1. The van der Waals surface area contributed by atoms with Gasteiger partial charge in [0, 0.05) is 23.6 Å². The Kier molecular flexibility index (Phi) is 9.26. The van der Waals surface area contributed by atoms with Gasteiger partial charge in [-0.1, -0.05) is 78.9 Å². The molecule has 196 valence electrons. The molecule has 0 fully saturated rings. The summed E-state index contributed by atoms with van der Waals surface area (Å²) in [5.74, 6) is -1.44. The molecule has 0 radical (unpaired) electrons. The number of rotatable bonds is 12. The van der Waals surface area contributed by atoms with Crippen LogP contribution >= 0.6 is 0 Å². The van der Waals surface area contributed by atoms with Gasteiger partial charge in [0.25, 0.3) is 0 Å². The van der Waals surface area contributed by atoms with Gasteiger partial charge in [0.05, 0.1) is 12.0 Å². The molecule has 0 saturated heterocycles. The highest BCUT2D eigenvalue weighted by Crippen LogP contribution is 2.25. The zero-order valence-corrected chi connectivity index (χ0v) is 21.2. The Labute approximate surface area is 222 Å². The number of nitrogens with one attached hydrogen (secondary N) is 5.